The lowest BCUT2D eigenvalue weighted by Gasteiger charge is -2.29. The molecule has 90 valence electrons. The summed E-state index contributed by atoms with van der Waals surface area (Å²) in [5.41, 5.74) is -0.464. The second kappa shape index (κ2) is 4.37. The van der Waals surface area contributed by atoms with E-state index in [0.717, 1.165) is 0 Å². The van der Waals surface area contributed by atoms with Crippen molar-refractivity contribution in [1.29, 1.82) is 0 Å². The first kappa shape index (κ1) is 14.2. The van der Waals surface area contributed by atoms with Gasteiger partial charge in [-0.05, 0) is 12.3 Å². The topological polar surface area (TPSA) is 29.1 Å². The highest BCUT2D eigenvalue weighted by Gasteiger charge is 2.49. The first-order valence-corrected chi connectivity index (χ1v) is 4.46. The molecule has 0 heterocycles. The normalized spacial score (nSPS) is 15.3. The molecule has 1 amide bonds. The molecular formula is C9H15F4NO. The van der Waals surface area contributed by atoms with E-state index >= 15 is 0 Å². The Hall–Kier alpha value is -0.810. The van der Waals surface area contributed by atoms with Crippen molar-refractivity contribution in [2.45, 2.75) is 46.1 Å². The summed E-state index contributed by atoms with van der Waals surface area (Å²) in [5, 5.41) is 1.87. The molecule has 15 heavy (non-hydrogen) atoms. The van der Waals surface area contributed by atoms with Crippen molar-refractivity contribution < 1.29 is 22.4 Å². The van der Waals surface area contributed by atoms with Gasteiger partial charge in [-0.1, -0.05) is 20.8 Å². The van der Waals surface area contributed by atoms with Gasteiger partial charge in [0, 0.05) is 6.04 Å². The Morgan fingerprint density at radius 1 is 1.20 bits per heavy atom. The summed E-state index contributed by atoms with van der Waals surface area (Å²) in [6, 6.07) is -0.616. The van der Waals surface area contributed by atoms with E-state index in [-0.39, 0.29) is 0 Å². The number of hydrogen-bond acceptors (Lipinski definition) is 1. The van der Waals surface area contributed by atoms with E-state index < -0.39 is 29.7 Å². The van der Waals surface area contributed by atoms with Crippen molar-refractivity contribution >= 4 is 5.91 Å². The average Bonchev–Trinajstić information content (AvgIpc) is 2.01. The van der Waals surface area contributed by atoms with Gasteiger partial charge in [-0.3, -0.25) is 4.79 Å². The molecule has 0 saturated heterocycles. The maximum absolute atomic E-state index is 12.5. The van der Waals surface area contributed by atoms with Crippen LogP contribution in [0.2, 0.25) is 0 Å². The van der Waals surface area contributed by atoms with Gasteiger partial charge in [-0.15, -0.1) is 0 Å². The summed E-state index contributed by atoms with van der Waals surface area (Å²) in [5.74, 6) is -6.56. The zero-order chi connectivity index (χ0) is 12.4. The molecule has 1 N–H and O–H groups in total. The number of nitrogens with one attached hydrogen (secondary N) is 1. The molecule has 0 aliphatic heterocycles. The van der Waals surface area contributed by atoms with Gasteiger partial charge < -0.3 is 5.32 Å². The van der Waals surface area contributed by atoms with Crippen LogP contribution in [0.15, 0.2) is 0 Å². The van der Waals surface area contributed by atoms with Crippen LogP contribution in [0.3, 0.4) is 0 Å². The smallest absolute Gasteiger partial charge is 0.348 e. The van der Waals surface area contributed by atoms with Crippen molar-refractivity contribution in [2.75, 3.05) is 0 Å². The van der Waals surface area contributed by atoms with Crippen molar-refractivity contribution in [3.05, 3.63) is 0 Å². The molecule has 1 unspecified atom stereocenters. The van der Waals surface area contributed by atoms with Crippen LogP contribution in [0, 0.1) is 5.41 Å². The van der Waals surface area contributed by atoms with Gasteiger partial charge in [0.1, 0.15) is 0 Å². The van der Waals surface area contributed by atoms with Crippen molar-refractivity contribution in [1.82, 2.24) is 5.32 Å². The van der Waals surface area contributed by atoms with Gasteiger partial charge in [0.15, 0.2) is 0 Å². The standard InChI is InChI=1S/C9H15F4NO/c1-5(8(2,3)4)14-7(15)9(12,13)6(10)11/h5-6H,1-4H3,(H,14,15). The number of alkyl halides is 4. The van der Waals surface area contributed by atoms with Gasteiger partial charge in [0.2, 0.25) is 0 Å². The second-order valence-electron chi connectivity index (χ2n) is 4.48. The maximum atomic E-state index is 12.5. The van der Waals surface area contributed by atoms with E-state index in [2.05, 4.69) is 0 Å². The highest BCUT2D eigenvalue weighted by molar-refractivity contribution is 5.84. The van der Waals surface area contributed by atoms with Crippen LogP contribution < -0.4 is 5.32 Å². The Balaban J connectivity index is 4.51. The molecule has 0 aromatic carbocycles. The Kier molecular flexibility index (Phi) is 4.13. The number of amides is 1. The molecule has 0 aliphatic rings. The zero-order valence-electron chi connectivity index (χ0n) is 9.07. The third-order valence-electron chi connectivity index (χ3n) is 2.22. The lowest BCUT2D eigenvalue weighted by Crippen LogP contribution is -2.51. The van der Waals surface area contributed by atoms with E-state index in [9.17, 15) is 22.4 Å². The minimum Gasteiger partial charge on any atom is -0.348 e. The Morgan fingerprint density at radius 2 is 1.60 bits per heavy atom. The van der Waals surface area contributed by atoms with Crippen molar-refractivity contribution in [3.8, 4) is 0 Å². The SMILES string of the molecule is CC(NC(=O)C(F)(F)C(F)F)C(C)(C)C. The van der Waals surface area contributed by atoms with Crippen LogP contribution in [0.25, 0.3) is 0 Å². The second-order valence-corrected chi connectivity index (χ2v) is 4.48. The lowest BCUT2D eigenvalue weighted by atomic mass is 9.88. The molecular weight excluding hydrogens is 214 g/mol. The van der Waals surface area contributed by atoms with Gasteiger partial charge in [-0.25, -0.2) is 8.78 Å². The maximum Gasteiger partial charge on any atom is 0.383 e. The molecule has 0 fully saturated rings. The predicted molar refractivity (Wildman–Crippen MR) is 48.0 cm³/mol. The third-order valence-corrected chi connectivity index (χ3v) is 2.22. The molecule has 0 aliphatic carbocycles. The summed E-state index contributed by atoms with van der Waals surface area (Å²) >= 11 is 0. The monoisotopic (exact) mass is 229 g/mol. The van der Waals surface area contributed by atoms with Crippen LogP contribution in [-0.4, -0.2) is 24.3 Å². The van der Waals surface area contributed by atoms with Crippen LogP contribution in [0.5, 0.6) is 0 Å². The molecule has 0 aromatic heterocycles. The van der Waals surface area contributed by atoms with Gasteiger partial charge in [-0.2, -0.15) is 8.78 Å². The number of hydrogen-bond donors (Lipinski definition) is 1. The zero-order valence-corrected chi connectivity index (χ0v) is 9.07. The van der Waals surface area contributed by atoms with E-state index in [1.807, 2.05) is 5.32 Å². The summed E-state index contributed by atoms with van der Waals surface area (Å²) in [6.45, 7) is 6.61. The Bertz CT molecular complexity index is 235. The van der Waals surface area contributed by atoms with Crippen LogP contribution in [-0.2, 0) is 4.79 Å². The molecule has 0 bridgehead atoms. The molecule has 0 saturated carbocycles. The first-order chi connectivity index (χ1) is 6.49. The average molecular weight is 229 g/mol. The molecule has 6 heteroatoms. The quantitative estimate of drug-likeness (QED) is 0.740. The van der Waals surface area contributed by atoms with Crippen LogP contribution >= 0.6 is 0 Å². The molecule has 1 atom stereocenters. The van der Waals surface area contributed by atoms with E-state index in [1.54, 1.807) is 20.8 Å². The Labute approximate surface area is 86.0 Å². The largest absolute Gasteiger partial charge is 0.383 e. The van der Waals surface area contributed by atoms with Gasteiger partial charge >= 0.3 is 12.3 Å². The van der Waals surface area contributed by atoms with E-state index in [0.29, 0.717) is 0 Å². The minimum absolute atomic E-state index is 0.464. The molecule has 0 rings (SSSR count). The van der Waals surface area contributed by atoms with Crippen molar-refractivity contribution in [3.63, 3.8) is 0 Å². The lowest BCUT2D eigenvalue weighted by molar-refractivity contribution is -0.170. The third kappa shape index (κ3) is 3.68. The fourth-order valence-electron chi connectivity index (χ4n) is 0.608. The summed E-state index contributed by atoms with van der Waals surface area (Å²) in [7, 11) is 0. The minimum atomic E-state index is -4.63. The van der Waals surface area contributed by atoms with Gasteiger partial charge in [0.05, 0.1) is 0 Å². The first-order valence-electron chi connectivity index (χ1n) is 4.46. The molecule has 0 aromatic rings. The number of carbonyl (C=O) groups is 1. The van der Waals surface area contributed by atoms with Crippen molar-refractivity contribution in [2.24, 2.45) is 5.41 Å². The number of carbonyl (C=O) groups excluding carboxylic acids is 1. The fraction of sp³-hybridized carbons (Fsp3) is 0.889. The highest BCUT2D eigenvalue weighted by Crippen LogP contribution is 2.25. The molecule has 2 nitrogen and oxygen atoms in total. The number of rotatable bonds is 3. The van der Waals surface area contributed by atoms with E-state index in [4.69, 9.17) is 0 Å². The summed E-state index contributed by atoms with van der Waals surface area (Å²) in [6.07, 6.45) is -3.98. The molecule has 0 radical (unpaired) electrons. The van der Waals surface area contributed by atoms with Crippen LogP contribution in [0.4, 0.5) is 17.6 Å². The van der Waals surface area contributed by atoms with E-state index in [1.165, 1.54) is 6.92 Å². The van der Waals surface area contributed by atoms with Gasteiger partial charge in [0.25, 0.3) is 5.91 Å². The summed E-state index contributed by atoms with van der Waals surface area (Å²) in [4.78, 5) is 10.8. The summed E-state index contributed by atoms with van der Waals surface area (Å²) < 4.78 is 48.7. The number of halogens is 4. The highest BCUT2D eigenvalue weighted by atomic mass is 19.3. The van der Waals surface area contributed by atoms with Crippen LogP contribution in [0.1, 0.15) is 27.7 Å². The fourth-order valence-corrected chi connectivity index (χ4v) is 0.608. The Morgan fingerprint density at radius 3 is 1.87 bits per heavy atom. The molecule has 0 spiro atoms. The predicted octanol–water partition coefficient (Wildman–Crippen LogP) is 2.44.